The zero-order valence-corrected chi connectivity index (χ0v) is 10.1. The molecule has 0 bridgehead atoms. The lowest BCUT2D eigenvalue weighted by atomic mass is 9.93. The Balaban J connectivity index is 2.33. The number of carbonyl (C=O) groups is 1. The summed E-state index contributed by atoms with van der Waals surface area (Å²) in [5.74, 6) is 0.277. The molecule has 17 heavy (non-hydrogen) atoms. The standard InChI is InChI=1S/C12H15N3O2/c1-12(2,11(16)17-3)10-14-7-9(15-10)8-5-4-6-13-8/h4-7,13H,1-3H3,(H,14,15). The average molecular weight is 233 g/mol. The van der Waals surface area contributed by atoms with Crippen molar-refractivity contribution in [3.05, 3.63) is 30.4 Å². The van der Waals surface area contributed by atoms with E-state index in [-0.39, 0.29) is 5.97 Å². The molecular formula is C12H15N3O2. The Kier molecular flexibility index (Phi) is 2.75. The highest BCUT2D eigenvalue weighted by molar-refractivity contribution is 5.81. The van der Waals surface area contributed by atoms with Gasteiger partial charge in [0.2, 0.25) is 0 Å². The van der Waals surface area contributed by atoms with Crippen LogP contribution < -0.4 is 0 Å². The Morgan fingerprint density at radius 1 is 1.41 bits per heavy atom. The van der Waals surface area contributed by atoms with Crippen molar-refractivity contribution in [2.45, 2.75) is 19.3 Å². The van der Waals surface area contributed by atoms with Gasteiger partial charge in [-0.15, -0.1) is 0 Å². The predicted molar refractivity (Wildman–Crippen MR) is 63.4 cm³/mol. The van der Waals surface area contributed by atoms with E-state index < -0.39 is 5.41 Å². The molecule has 0 radical (unpaired) electrons. The zero-order valence-electron chi connectivity index (χ0n) is 10.1. The second-order valence-corrected chi connectivity index (χ2v) is 4.35. The van der Waals surface area contributed by atoms with E-state index in [1.807, 2.05) is 18.3 Å². The molecule has 0 unspecified atom stereocenters. The Hall–Kier alpha value is -2.04. The molecule has 0 spiro atoms. The summed E-state index contributed by atoms with van der Waals surface area (Å²) in [5, 5.41) is 0. The lowest BCUT2D eigenvalue weighted by molar-refractivity contribution is -0.146. The summed E-state index contributed by atoms with van der Waals surface area (Å²) in [4.78, 5) is 22.1. The summed E-state index contributed by atoms with van der Waals surface area (Å²) in [6.45, 7) is 3.55. The van der Waals surface area contributed by atoms with E-state index in [1.54, 1.807) is 20.0 Å². The van der Waals surface area contributed by atoms with Crippen LogP contribution in [0, 0.1) is 0 Å². The molecule has 2 aromatic heterocycles. The van der Waals surface area contributed by atoms with Gasteiger partial charge in [0.1, 0.15) is 11.2 Å². The van der Waals surface area contributed by atoms with Crippen LogP contribution in [0.15, 0.2) is 24.5 Å². The van der Waals surface area contributed by atoms with Gasteiger partial charge in [-0.3, -0.25) is 4.79 Å². The van der Waals surface area contributed by atoms with E-state index in [2.05, 4.69) is 15.0 Å². The van der Waals surface area contributed by atoms with Gasteiger partial charge < -0.3 is 14.7 Å². The van der Waals surface area contributed by atoms with Gasteiger partial charge in [0.15, 0.2) is 0 Å². The summed E-state index contributed by atoms with van der Waals surface area (Å²) < 4.78 is 4.76. The summed E-state index contributed by atoms with van der Waals surface area (Å²) >= 11 is 0. The number of aromatic amines is 2. The highest BCUT2D eigenvalue weighted by atomic mass is 16.5. The topological polar surface area (TPSA) is 70.8 Å². The lowest BCUT2D eigenvalue weighted by Crippen LogP contribution is -2.31. The third-order valence-corrected chi connectivity index (χ3v) is 2.75. The van der Waals surface area contributed by atoms with Gasteiger partial charge in [-0.25, -0.2) is 4.98 Å². The second-order valence-electron chi connectivity index (χ2n) is 4.35. The number of ether oxygens (including phenoxy) is 1. The smallest absolute Gasteiger partial charge is 0.318 e. The molecule has 5 heteroatoms. The number of methoxy groups -OCH3 is 1. The van der Waals surface area contributed by atoms with Crippen molar-refractivity contribution < 1.29 is 9.53 Å². The Morgan fingerprint density at radius 2 is 2.18 bits per heavy atom. The van der Waals surface area contributed by atoms with Crippen molar-refractivity contribution in [3.63, 3.8) is 0 Å². The maximum absolute atomic E-state index is 11.6. The van der Waals surface area contributed by atoms with Gasteiger partial charge in [-0.05, 0) is 26.0 Å². The minimum atomic E-state index is -0.778. The quantitative estimate of drug-likeness (QED) is 0.795. The van der Waals surface area contributed by atoms with Crippen molar-refractivity contribution in [2.75, 3.05) is 7.11 Å². The van der Waals surface area contributed by atoms with E-state index in [9.17, 15) is 4.79 Å². The molecule has 2 aromatic rings. The fourth-order valence-corrected chi connectivity index (χ4v) is 1.63. The van der Waals surface area contributed by atoms with Crippen molar-refractivity contribution in [2.24, 2.45) is 0 Å². The van der Waals surface area contributed by atoms with Crippen molar-refractivity contribution in [1.29, 1.82) is 0 Å². The molecule has 2 heterocycles. The normalized spacial score (nSPS) is 11.5. The first-order valence-electron chi connectivity index (χ1n) is 5.33. The highest BCUT2D eigenvalue weighted by Crippen LogP contribution is 2.24. The van der Waals surface area contributed by atoms with Crippen LogP contribution in [0.25, 0.3) is 11.4 Å². The SMILES string of the molecule is COC(=O)C(C)(C)c1ncc(-c2ccc[nH]2)[nH]1. The van der Waals surface area contributed by atoms with Crippen LogP contribution >= 0.6 is 0 Å². The van der Waals surface area contributed by atoms with E-state index in [0.717, 1.165) is 11.4 Å². The maximum Gasteiger partial charge on any atom is 0.318 e. The molecule has 0 saturated carbocycles. The monoisotopic (exact) mass is 233 g/mol. The number of carbonyl (C=O) groups excluding carboxylic acids is 1. The van der Waals surface area contributed by atoms with Gasteiger partial charge in [-0.2, -0.15) is 0 Å². The van der Waals surface area contributed by atoms with E-state index in [4.69, 9.17) is 4.74 Å². The molecule has 0 amide bonds. The van der Waals surface area contributed by atoms with Crippen LogP contribution in [0.1, 0.15) is 19.7 Å². The molecule has 0 fully saturated rings. The number of H-pyrrole nitrogens is 2. The number of esters is 1. The Labute approximate surface area is 99.2 Å². The number of aromatic nitrogens is 3. The fraction of sp³-hybridized carbons (Fsp3) is 0.333. The molecule has 0 aromatic carbocycles. The summed E-state index contributed by atoms with van der Waals surface area (Å²) in [5.41, 5.74) is 1.01. The fourth-order valence-electron chi connectivity index (χ4n) is 1.63. The number of hydrogen-bond acceptors (Lipinski definition) is 3. The Morgan fingerprint density at radius 3 is 2.76 bits per heavy atom. The van der Waals surface area contributed by atoms with E-state index >= 15 is 0 Å². The van der Waals surface area contributed by atoms with Gasteiger partial charge in [0, 0.05) is 6.20 Å². The molecule has 0 atom stereocenters. The first-order chi connectivity index (χ1) is 8.05. The molecule has 0 aliphatic carbocycles. The lowest BCUT2D eigenvalue weighted by Gasteiger charge is -2.18. The van der Waals surface area contributed by atoms with Crippen molar-refractivity contribution in [1.82, 2.24) is 15.0 Å². The van der Waals surface area contributed by atoms with E-state index in [1.165, 1.54) is 7.11 Å². The van der Waals surface area contributed by atoms with Crippen LogP contribution in [0.4, 0.5) is 0 Å². The van der Waals surface area contributed by atoms with Gasteiger partial charge >= 0.3 is 5.97 Å². The largest absolute Gasteiger partial charge is 0.468 e. The van der Waals surface area contributed by atoms with Crippen LogP contribution in [-0.2, 0) is 14.9 Å². The third kappa shape index (κ3) is 1.95. The molecule has 90 valence electrons. The van der Waals surface area contributed by atoms with Crippen LogP contribution in [0.5, 0.6) is 0 Å². The van der Waals surface area contributed by atoms with Crippen LogP contribution in [0.2, 0.25) is 0 Å². The number of hydrogen-bond donors (Lipinski definition) is 2. The van der Waals surface area contributed by atoms with Gasteiger partial charge in [0.05, 0.1) is 24.7 Å². The number of imidazole rings is 1. The molecular weight excluding hydrogens is 218 g/mol. The first kappa shape index (κ1) is 11.4. The van der Waals surface area contributed by atoms with Crippen molar-refractivity contribution >= 4 is 5.97 Å². The van der Waals surface area contributed by atoms with Crippen molar-refractivity contribution in [3.8, 4) is 11.4 Å². The van der Waals surface area contributed by atoms with Gasteiger partial charge in [0.25, 0.3) is 0 Å². The van der Waals surface area contributed by atoms with Gasteiger partial charge in [-0.1, -0.05) is 0 Å². The molecule has 0 saturated heterocycles. The summed E-state index contributed by atoms with van der Waals surface area (Å²) in [6.07, 6.45) is 3.53. The molecule has 0 aliphatic heterocycles. The number of nitrogens with zero attached hydrogens (tertiary/aromatic N) is 1. The molecule has 2 N–H and O–H groups in total. The van der Waals surface area contributed by atoms with E-state index in [0.29, 0.717) is 5.82 Å². The minimum absolute atomic E-state index is 0.315. The third-order valence-electron chi connectivity index (χ3n) is 2.75. The number of rotatable bonds is 3. The Bertz CT molecular complexity index is 512. The molecule has 2 rings (SSSR count). The maximum atomic E-state index is 11.6. The average Bonchev–Trinajstić information content (AvgIpc) is 2.97. The molecule has 5 nitrogen and oxygen atoms in total. The summed E-state index contributed by atoms with van der Waals surface area (Å²) in [7, 11) is 1.37. The predicted octanol–water partition coefficient (Wildman–Crippen LogP) is 1.86. The first-order valence-corrected chi connectivity index (χ1v) is 5.33. The molecule has 0 aliphatic rings. The minimum Gasteiger partial charge on any atom is -0.468 e. The highest BCUT2D eigenvalue weighted by Gasteiger charge is 2.34. The van der Waals surface area contributed by atoms with Crippen LogP contribution in [-0.4, -0.2) is 28.0 Å². The summed E-state index contributed by atoms with van der Waals surface area (Å²) in [6, 6.07) is 3.84. The number of nitrogens with one attached hydrogen (secondary N) is 2. The van der Waals surface area contributed by atoms with Crippen LogP contribution in [0.3, 0.4) is 0 Å². The zero-order chi connectivity index (χ0) is 12.5. The second kappa shape index (κ2) is 4.08.